The van der Waals surface area contributed by atoms with Crippen molar-refractivity contribution in [3.05, 3.63) is 5.82 Å². The van der Waals surface area contributed by atoms with Crippen LogP contribution in [-0.4, -0.2) is 30.9 Å². The lowest BCUT2D eigenvalue weighted by molar-refractivity contribution is -0.0588. The third-order valence-corrected chi connectivity index (χ3v) is 2.73. The van der Waals surface area contributed by atoms with Crippen LogP contribution >= 0.6 is 0 Å². The molecule has 1 saturated carbocycles. The van der Waals surface area contributed by atoms with Gasteiger partial charge in [0, 0.05) is 7.05 Å². The average molecular weight is 183 g/mol. The second kappa shape index (κ2) is 2.74. The SMILES string of the molecule is Cn1nnnc1C(N)C1(O)CCC1. The van der Waals surface area contributed by atoms with Gasteiger partial charge in [0.15, 0.2) is 5.82 Å². The molecule has 0 amide bonds. The van der Waals surface area contributed by atoms with E-state index < -0.39 is 11.6 Å². The van der Waals surface area contributed by atoms with Gasteiger partial charge in [0.05, 0.1) is 11.6 Å². The number of aromatic nitrogens is 4. The van der Waals surface area contributed by atoms with Gasteiger partial charge in [0.25, 0.3) is 0 Å². The van der Waals surface area contributed by atoms with Crippen molar-refractivity contribution in [3.8, 4) is 0 Å². The van der Waals surface area contributed by atoms with Crippen LogP contribution in [0.15, 0.2) is 0 Å². The van der Waals surface area contributed by atoms with Gasteiger partial charge >= 0.3 is 0 Å². The van der Waals surface area contributed by atoms with E-state index >= 15 is 0 Å². The zero-order chi connectivity index (χ0) is 9.47. The molecule has 6 nitrogen and oxygen atoms in total. The molecule has 1 heterocycles. The average Bonchev–Trinajstić information content (AvgIpc) is 2.46. The number of aliphatic hydroxyl groups is 1. The van der Waals surface area contributed by atoms with Crippen LogP contribution in [0.1, 0.15) is 31.1 Å². The lowest BCUT2D eigenvalue weighted by Gasteiger charge is -2.40. The van der Waals surface area contributed by atoms with Crippen molar-refractivity contribution in [1.82, 2.24) is 20.2 Å². The maximum atomic E-state index is 9.94. The standard InChI is InChI=1S/C7H13N5O/c1-12-6(9-10-11-12)5(8)7(13)3-2-4-7/h5,13H,2-4,8H2,1H3. The predicted molar refractivity (Wildman–Crippen MR) is 44.5 cm³/mol. The molecule has 0 saturated heterocycles. The Morgan fingerprint density at radius 3 is 2.69 bits per heavy atom. The van der Waals surface area contributed by atoms with Gasteiger partial charge in [-0.1, -0.05) is 0 Å². The molecule has 1 aliphatic carbocycles. The molecule has 0 aromatic carbocycles. The van der Waals surface area contributed by atoms with Crippen LogP contribution < -0.4 is 5.73 Å². The molecule has 72 valence electrons. The number of nitrogens with two attached hydrogens (primary N) is 1. The zero-order valence-corrected chi connectivity index (χ0v) is 7.51. The fourth-order valence-electron chi connectivity index (χ4n) is 1.59. The van der Waals surface area contributed by atoms with E-state index in [2.05, 4.69) is 15.5 Å². The fraction of sp³-hybridized carbons (Fsp3) is 0.857. The van der Waals surface area contributed by atoms with Gasteiger partial charge in [-0.2, -0.15) is 0 Å². The van der Waals surface area contributed by atoms with Gasteiger partial charge in [-0.05, 0) is 29.7 Å². The molecule has 0 bridgehead atoms. The second-order valence-electron chi connectivity index (χ2n) is 3.60. The first kappa shape index (κ1) is 8.58. The normalized spacial score (nSPS) is 22.4. The maximum Gasteiger partial charge on any atom is 0.170 e. The monoisotopic (exact) mass is 183 g/mol. The fourth-order valence-corrected chi connectivity index (χ4v) is 1.59. The molecule has 0 aliphatic heterocycles. The van der Waals surface area contributed by atoms with Gasteiger partial charge in [0.2, 0.25) is 0 Å². The van der Waals surface area contributed by atoms with E-state index in [0.717, 1.165) is 19.3 Å². The first-order valence-corrected chi connectivity index (χ1v) is 4.34. The molecular weight excluding hydrogens is 170 g/mol. The van der Waals surface area contributed by atoms with Gasteiger partial charge < -0.3 is 10.8 Å². The zero-order valence-electron chi connectivity index (χ0n) is 7.51. The van der Waals surface area contributed by atoms with Crippen LogP contribution in [-0.2, 0) is 7.05 Å². The minimum atomic E-state index is -0.789. The van der Waals surface area contributed by atoms with E-state index in [1.54, 1.807) is 7.05 Å². The van der Waals surface area contributed by atoms with Gasteiger partial charge in [-0.25, -0.2) is 4.68 Å². The predicted octanol–water partition coefficient (Wildman–Crippen LogP) is -0.875. The first-order chi connectivity index (χ1) is 6.13. The molecule has 13 heavy (non-hydrogen) atoms. The topological polar surface area (TPSA) is 89.9 Å². The molecule has 6 heteroatoms. The summed E-state index contributed by atoms with van der Waals surface area (Å²) in [6.07, 6.45) is 2.50. The summed E-state index contributed by atoms with van der Waals surface area (Å²) in [6.45, 7) is 0. The number of tetrazole rings is 1. The molecule has 2 rings (SSSR count). The Labute approximate surface area is 75.7 Å². The number of hydrogen-bond donors (Lipinski definition) is 2. The molecule has 1 fully saturated rings. The smallest absolute Gasteiger partial charge is 0.170 e. The van der Waals surface area contributed by atoms with Gasteiger partial charge in [0.1, 0.15) is 0 Å². The van der Waals surface area contributed by atoms with Gasteiger partial charge in [-0.15, -0.1) is 5.10 Å². The summed E-state index contributed by atoms with van der Waals surface area (Å²) >= 11 is 0. The third-order valence-electron chi connectivity index (χ3n) is 2.73. The van der Waals surface area contributed by atoms with Crippen molar-refractivity contribution >= 4 is 0 Å². The maximum absolute atomic E-state index is 9.94. The minimum absolute atomic E-state index is 0.471. The summed E-state index contributed by atoms with van der Waals surface area (Å²) in [5.74, 6) is 0.544. The van der Waals surface area contributed by atoms with Gasteiger partial charge in [-0.3, -0.25) is 0 Å². The summed E-state index contributed by atoms with van der Waals surface area (Å²) in [7, 11) is 1.72. The Kier molecular flexibility index (Phi) is 1.81. The Bertz CT molecular complexity index is 306. The van der Waals surface area contributed by atoms with E-state index in [-0.39, 0.29) is 0 Å². The Balaban J connectivity index is 2.22. The van der Waals surface area contributed by atoms with Crippen LogP contribution in [0.4, 0.5) is 0 Å². The molecule has 1 aromatic rings. The second-order valence-corrected chi connectivity index (χ2v) is 3.60. The van der Waals surface area contributed by atoms with Crippen molar-refractivity contribution in [3.63, 3.8) is 0 Å². The van der Waals surface area contributed by atoms with Crippen molar-refractivity contribution in [2.75, 3.05) is 0 Å². The Hall–Kier alpha value is -1.01. The van der Waals surface area contributed by atoms with Crippen LogP contribution in [0.5, 0.6) is 0 Å². The van der Waals surface area contributed by atoms with E-state index in [1.807, 2.05) is 0 Å². The van der Waals surface area contributed by atoms with E-state index in [9.17, 15) is 5.11 Å². The van der Waals surface area contributed by atoms with Crippen LogP contribution in [0.3, 0.4) is 0 Å². The lowest BCUT2D eigenvalue weighted by atomic mass is 9.75. The molecule has 3 N–H and O–H groups in total. The quantitative estimate of drug-likeness (QED) is 0.621. The summed E-state index contributed by atoms with van der Waals surface area (Å²) in [4.78, 5) is 0. The van der Waals surface area contributed by atoms with Crippen molar-refractivity contribution in [2.45, 2.75) is 30.9 Å². The number of hydrogen-bond acceptors (Lipinski definition) is 5. The third kappa shape index (κ3) is 1.22. The highest BCUT2D eigenvalue weighted by atomic mass is 16.3. The highest BCUT2D eigenvalue weighted by Crippen LogP contribution is 2.39. The number of rotatable bonds is 2. The lowest BCUT2D eigenvalue weighted by Crippen LogP contribution is -2.47. The number of nitrogens with zero attached hydrogens (tertiary/aromatic N) is 4. The molecule has 1 unspecified atom stereocenters. The van der Waals surface area contributed by atoms with Crippen LogP contribution in [0.2, 0.25) is 0 Å². The Morgan fingerprint density at radius 1 is 1.62 bits per heavy atom. The molecule has 1 atom stereocenters. The molecular formula is C7H13N5O. The van der Waals surface area contributed by atoms with Crippen molar-refractivity contribution in [1.29, 1.82) is 0 Å². The summed E-state index contributed by atoms with van der Waals surface area (Å²) in [5, 5.41) is 20.9. The van der Waals surface area contributed by atoms with E-state index in [4.69, 9.17) is 5.73 Å². The highest BCUT2D eigenvalue weighted by Gasteiger charge is 2.43. The Morgan fingerprint density at radius 2 is 2.31 bits per heavy atom. The molecule has 1 aromatic heterocycles. The highest BCUT2D eigenvalue weighted by molar-refractivity contribution is 5.05. The van der Waals surface area contributed by atoms with E-state index in [1.165, 1.54) is 4.68 Å². The molecule has 1 aliphatic rings. The van der Waals surface area contributed by atoms with E-state index in [0.29, 0.717) is 5.82 Å². The van der Waals surface area contributed by atoms with Crippen LogP contribution in [0.25, 0.3) is 0 Å². The van der Waals surface area contributed by atoms with Crippen molar-refractivity contribution < 1.29 is 5.11 Å². The summed E-state index contributed by atoms with van der Waals surface area (Å²) in [5.41, 5.74) is 5.08. The number of aryl methyl sites for hydroxylation is 1. The first-order valence-electron chi connectivity index (χ1n) is 4.34. The van der Waals surface area contributed by atoms with Crippen LogP contribution in [0, 0.1) is 0 Å². The molecule has 0 spiro atoms. The van der Waals surface area contributed by atoms with Crippen molar-refractivity contribution in [2.24, 2.45) is 12.8 Å². The molecule has 0 radical (unpaired) electrons. The summed E-state index contributed by atoms with van der Waals surface area (Å²) < 4.78 is 1.50. The minimum Gasteiger partial charge on any atom is -0.388 e. The largest absolute Gasteiger partial charge is 0.388 e. The summed E-state index contributed by atoms with van der Waals surface area (Å²) in [6, 6.07) is -0.471.